The van der Waals surface area contributed by atoms with Gasteiger partial charge in [-0.3, -0.25) is 14.9 Å². The average Bonchev–Trinajstić information content (AvgIpc) is 3.76. The molecule has 49 heavy (non-hydrogen) atoms. The maximum atomic E-state index is 13.6. The van der Waals surface area contributed by atoms with Crippen LogP contribution in [-0.4, -0.2) is 90.8 Å². The minimum absolute atomic E-state index is 0.0264. The number of amides is 2. The molecule has 6 aromatic rings. The van der Waals surface area contributed by atoms with E-state index in [-0.39, 0.29) is 36.7 Å². The van der Waals surface area contributed by atoms with Crippen LogP contribution in [0.5, 0.6) is 5.75 Å². The highest BCUT2D eigenvalue weighted by molar-refractivity contribution is 8.01. The topological polar surface area (TPSA) is 253 Å². The molecule has 2 amide bonds. The Hall–Kier alpha value is -5.41. The number of nitrogens with zero attached hydrogens (tertiary/aromatic N) is 9. The minimum atomic E-state index is -0.830. The molecule has 6 aromatic heterocycles. The first-order valence-electron chi connectivity index (χ1n) is 14.2. The summed E-state index contributed by atoms with van der Waals surface area (Å²) in [6.07, 6.45) is 5.49. The summed E-state index contributed by atoms with van der Waals surface area (Å²) in [5.74, 6) is -0.757. The molecule has 0 aliphatic rings. The lowest BCUT2D eigenvalue weighted by Crippen LogP contribution is -2.28. The van der Waals surface area contributed by atoms with Gasteiger partial charge in [0.05, 0.1) is 36.5 Å². The summed E-state index contributed by atoms with van der Waals surface area (Å²) >= 11 is 8.07. The number of imidazole rings is 2. The Labute approximate surface area is 288 Å². The Morgan fingerprint density at radius 2 is 1.69 bits per heavy atom. The molecule has 0 aliphatic carbocycles. The lowest BCUT2D eigenvalue weighted by atomic mass is 10.3. The van der Waals surface area contributed by atoms with Crippen LogP contribution in [0.4, 0.5) is 28.1 Å². The normalized spacial score (nSPS) is 12.5. The molecule has 0 aliphatic heterocycles. The molecule has 252 valence electrons. The van der Waals surface area contributed by atoms with Gasteiger partial charge in [-0.1, -0.05) is 35.1 Å². The van der Waals surface area contributed by atoms with Gasteiger partial charge in [0, 0.05) is 18.8 Å². The molecular weight excluding hydrogens is 701 g/mol. The van der Waals surface area contributed by atoms with Crippen molar-refractivity contribution in [1.29, 1.82) is 0 Å². The van der Waals surface area contributed by atoms with E-state index in [1.165, 1.54) is 37.7 Å². The van der Waals surface area contributed by atoms with Crippen molar-refractivity contribution < 1.29 is 18.7 Å². The van der Waals surface area contributed by atoms with Gasteiger partial charge in [0.1, 0.15) is 32.7 Å². The van der Waals surface area contributed by atoms with E-state index in [1.807, 2.05) is 0 Å². The summed E-state index contributed by atoms with van der Waals surface area (Å²) in [6.45, 7) is 1.92. The Morgan fingerprint density at radius 1 is 0.959 bits per heavy atom. The zero-order valence-corrected chi connectivity index (χ0v) is 27.8. The van der Waals surface area contributed by atoms with E-state index < -0.39 is 27.4 Å². The van der Waals surface area contributed by atoms with E-state index in [4.69, 9.17) is 22.1 Å². The van der Waals surface area contributed by atoms with E-state index in [9.17, 15) is 14.0 Å². The van der Waals surface area contributed by atoms with Crippen LogP contribution in [0.15, 0.2) is 47.2 Å². The molecule has 6 rings (SSSR count). The van der Waals surface area contributed by atoms with Crippen LogP contribution in [0.25, 0.3) is 22.3 Å². The van der Waals surface area contributed by atoms with Gasteiger partial charge in [-0.25, -0.2) is 34.3 Å². The average molecular weight is 726 g/mol. The first-order chi connectivity index (χ1) is 23.7. The van der Waals surface area contributed by atoms with Crippen LogP contribution >= 0.6 is 35.1 Å². The number of carbonyl (C=O) groups is 2. The van der Waals surface area contributed by atoms with Gasteiger partial charge >= 0.3 is 0 Å². The third-order valence-electron chi connectivity index (χ3n) is 6.57. The predicted molar refractivity (Wildman–Crippen MR) is 181 cm³/mol. The van der Waals surface area contributed by atoms with Crippen molar-refractivity contribution in [3.63, 3.8) is 0 Å². The number of nitrogen functional groups attached to an aromatic ring is 1. The number of thioether (sulfide) groups is 2. The quantitative estimate of drug-likeness (QED) is 0.0737. The van der Waals surface area contributed by atoms with Crippen LogP contribution in [-0.2, 0) is 9.59 Å². The summed E-state index contributed by atoms with van der Waals surface area (Å²) in [7, 11) is 1.52. The fourth-order valence-electron chi connectivity index (χ4n) is 4.22. The number of nitrogens with two attached hydrogens (primary N) is 1. The second kappa shape index (κ2) is 14.8. The largest absolute Gasteiger partial charge is 0.497 e. The maximum Gasteiger partial charge on any atom is 0.240 e. The molecule has 7 N–H and O–H groups in total. The van der Waals surface area contributed by atoms with Crippen molar-refractivity contribution in [2.75, 3.05) is 35.3 Å². The van der Waals surface area contributed by atoms with Gasteiger partial charge in [-0.15, -0.1) is 0 Å². The molecule has 2 atom stereocenters. The molecule has 18 nitrogen and oxygen atoms in total. The van der Waals surface area contributed by atoms with Gasteiger partial charge in [0.2, 0.25) is 29.7 Å². The van der Waals surface area contributed by atoms with Gasteiger partial charge in [0.15, 0.2) is 22.3 Å². The second-order valence-corrected chi connectivity index (χ2v) is 12.8. The van der Waals surface area contributed by atoms with Gasteiger partial charge < -0.3 is 31.1 Å². The highest BCUT2D eigenvalue weighted by atomic mass is 35.5. The summed E-state index contributed by atoms with van der Waals surface area (Å²) in [6, 6.07) is 3.28. The van der Waals surface area contributed by atoms with Crippen LogP contribution in [0.3, 0.4) is 0 Å². The number of aromatic amines is 2. The molecule has 22 heteroatoms. The number of H-pyrrole nitrogens is 2. The maximum absolute atomic E-state index is 13.6. The number of rotatable bonds is 13. The number of hydrogen-bond donors (Lipinski definition) is 6. The Kier molecular flexibility index (Phi) is 10.1. The number of carbonyl (C=O) groups excluding carboxylic acids is 2. The first kappa shape index (κ1) is 33.5. The summed E-state index contributed by atoms with van der Waals surface area (Å²) in [4.78, 5) is 70.0. The van der Waals surface area contributed by atoms with E-state index in [0.29, 0.717) is 43.9 Å². The first-order valence-corrected chi connectivity index (χ1v) is 16.3. The van der Waals surface area contributed by atoms with Gasteiger partial charge in [0.25, 0.3) is 0 Å². The number of aromatic nitrogens is 11. The van der Waals surface area contributed by atoms with Crippen molar-refractivity contribution in [2.24, 2.45) is 0 Å². The lowest BCUT2D eigenvalue weighted by Gasteiger charge is -2.17. The fourth-order valence-corrected chi connectivity index (χ4v) is 6.35. The van der Waals surface area contributed by atoms with Crippen molar-refractivity contribution in [1.82, 2.24) is 54.8 Å². The van der Waals surface area contributed by atoms with Crippen LogP contribution in [0, 0.1) is 5.82 Å². The van der Waals surface area contributed by atoms with E-state index in [1.54, 1.807) is 19.1 Å². The summed E-state index contributed by atoms with van der Waals surface area (Å²) in [5.41, 5.74) is 7.62. The highest BCUT2D eigenvalue weighted by Gasteiger charge is 2.25. The fraction of sp³-hybridized carbons (Fsp3) is 0.222. The SMILES string of the molecule is COc1ccnc(NC(=O)[C@H](C)Sc2nc(NCC[C@@H](Sc3nc(N)nc4nc[nH]c34)C(=O)Nc3ncc(F)c(Cl)n3)nc3nc[nH]c23)c1. The standard InChI is InChI=1S/C27H25ClFN15O3S2/c1-11(21(45)38-15-7-12(47-2)3-5-31-15)48-24-17-20(37-10-35-17)41-26(44-24)32-6-4-14(22(46)42-27-33-8-13(29)18(28)39-27)49-23-16-19(36-9-34-16)40-25(30)43-23/h3,5,7-11,14H,4,6H2,1-2H3,(H,31,38,45)(H,33,39,42,46)(H3,30,34,36,40,43)(H2,32,35,37,41,44)/t11-,14+/m0/s1. The van der Waals surface area contributed by atoms with E-state index >= 15 is 0 Å². The number of anilines is 4. The predicted octanol–water partition coefficient (Wildman–Crippen LogP) is 3.31. The molecule has 0 spiro atoms. The molecule has 0 saturated carbocycles. The second-order valence-electron chi connectivity index (χ2n) is 9.92. The summed E-state index contributed by atoms with van der Waals surface area (Å²) < 4.78 is 18.8. The number of fused-ring (bicyclic) bond motifs is 2. The number of ether oxygens (including phenoxy) is 1. The van der Waals surface area contributed by atoms with Gasteiger partial charge in [-0.2, -0.15) is 15.0 Å². The van der Waals surface area contributed by atoms with E-state index in [0.717, 1.165) is 18.0 Å². The monoisotopic (exact) mass is 725 g/mol. The molecule has 0 aromatic carbocycles. The van der Waals surface area contributed by atoms with Crippen LogP contribution in [0.1, 0.15) is 13.3 Å². The van der Waals surface area contributed by atoms with E-state index in [2.05, 4.69) is 70.8 Å². The Morgan fingerprint density at radius 3 is 2.43 bits per heavy atom. The van der Waals surface area contributed by atoms with Crippen molar-refractivity contribution in [3.05, 3.63) is 48.2 Å². The lowest BCUT2D eigenvalue weighted by molar-refractivity contribution is -0.116. The summed E-state index contributed by atoms with van der Waals surface area (Å²) in [5, 5.41) is 7.46. The molecular formula is C27H25ClFN15O3S2. The van der Waals surface area contributed by atoms with Gasteiger partial charge in [-0.05, 0) is 19.4 Å². The molecule has 0 unspecified atom stereocenters. The van der Waals surface area contributed by atoms with Crippen molar-refractivity contribution in [2.45, 2.75) is 33.9 Å². The third-order valence-corrected chi connectivity index (χ3v) is 9.17. The highest BCUT2D eigenvalue weighted by Crippen LogP contribution is 2.31. The van der Waals surface area contributed by atoms with Crippen molar-refractivity contribution in [3.8, 4) is 5.75 Å². The zero-order chi connectivity index (χ0) is 34.5. The smallest absolute Gasteiger partial charge is 0.240 e. The number of halogens is 2. The molecule has 6 heterocycles. The van der Waals surface area contributed by atoms with Crippen LogP contribution in [0.2, 0.25) is 5.15 Å². The molecule has 0 saturated heterocycles. The number of hydrogen-bond acceptors (Lipinski definition) is 16. The molecule has 0 radical (unpaired) electrons. The third kappa shape index (κ3) is 8.01. The molecule has 0 fully saturated rings. The van der Waals surface area contributed by atoms with Crippen molar-refractivity contribution >= 4 is 92.9 Å². The Bertz CT molecular complexity index is 2150. The number of pyridine rings is 1. The van der Waals surface area contributed by atoms with Crippen LogP contribution < -0.4 is 26.4 Å². The Balaban J connectivity index is 1.18. The minimum Gasteiger partial charge on any atom is -0.497 e. The molecule has 0 bridgehead atoms. The zero-order valence-electron chi connectivity index (χ0n) is 25.4. The number of nitrogens with one attached hydrogen (secondary N) is 5. The number of methoxy groups -OCH3 is 1.